The van der Waals surface area contributed by atoms with Crippen molar-refractivity contribution < 1.29 is 9.47 Å². The summed E-state index contributed by atoms with van der Waals surface area (Å²) in [5, 5.41) is 3.33. The molecule has 0 bridgehead atoms. The van der Waals surface area contributed by atoms with E-state index in [1.54, 1.807) is 13.2 Å². The van der Waals surface area contributed by atoms with Crippen molar-refractivity contribution in [2.45, 2.75) is 6.54 Å². The molecule has 2 aromatic carbocycles. The molecule has 0 aliphatic heterocycles. The first kappa shape index (κ1) is 17.2. The van der Waals surface area contributed by atoms with Crippen LogP contribution in [0.15, 0.2) is 52.3 Å². The third-order valence-corrected chi connectivity index (χ3v) is 4.24. The molecular formula is C18H18BrN3O3. The molecule has 6 nitrogen and oxygen atoms in total. The van der Waals surface area contributed by atoms with E-state index in [1.807, 2.05) is 30.3 Å². The van der Waals surface area contributed by atoms with E-state index >= 15 is 0 Å². The van der Waals surface area contributed by atoms with Gasteiger partial charge in [-0.05, 0) is 51.8 Å². The maximum absolute atomic E-state index is 11.3. The second kappa shape index (κ2) is 7.48. The second-order valence-corrected chi connectivity index (χ2v) is 6.26. The number of aromatic amines is 2. The summed E-state index contributed by atoms with van der Waals surface area (Å²) in [4.78, 5) is 16.8. The van der Waals surface area contributed by atoms with Gasteiger partial charge in [-0.25, -0.2) is 4.79 Å². The number of rotatable bonds is 7. The minimum atomic E-state index is -0.212. The molecule has 0 spiro atoms. The Morgan fingerprint density at radius 1 is 1.24 bits per heavy atom. The number of halogens is 1. The Kier molecular flexibility index (Phi) is 5.14. The normalized spacial score (nSPS) is 10.6. The molecule has 7 heteroatoms. The molecule has 3 rings (SSSR count). The zero-order chi connectivity index (χ0) is 17.8. The zero-order valence-electron chi connectivity index (χ0n) is 13.7. The van der Waals surface area contributed by atoms with Crippen molar-refractivity contribution in [2.24, 2.45) is 0 Å². The van der Waals surface area contributed by atoms with Crippen LogP contribution < -0.4 is 20.5 Å². The number of aromatic nitrogens is 2. The number of imidazole rings is 1. The van der Waals surface area contributed by atoms with Crippen LogP contribution in [0.1, 0.15) is 5.56 Å². The standard InChI is InChI=1S/C18H18BrN3O3/c1-3-6-25-17-13(19)7-11(8-16(17)24-2)10-20-12-4-5-14-15(9-12)22-18(23)21-14/h3-5,7-9,20H,1,6,10H2,2H3,(H2,21,22,23). The highest BCUT2D eigenvalue weighted by molar-refractivity contribution is 9.10. The van der Waals surface area contributed by atoms with Crippen molar-refractivity contribution >= 4 is 32.7 Å². The summed E-state index contributed by atoms with van der Waals surface area (Å²) in [6, 6.07) is 9.57. The predicted octanol–water partition coefficient (Wildman–Crippen LogP) is 3.80. The van der Waals surface area contributed by atoms with Gasteiger partial charge in [-0.3, -0.25) is 0 Å². The van der Waals surface area contributed by atoms with Gasteiger partial charge < -0.3 is 24.8 Å². The fraction of sp³-hybridized carbons (Fsp3) is 0.167. The summed E-state index contributed by atoms with van der Waals surface area (Å²) in [5.74, 6) is 1.30. The van der Waals surface area contributed by atoms with E-state index in [0.717, 1.165) is 26.8 Å². The van der Waals surface area contributed by atoms with Gasteiger partial charge in [-0.2, -0.15) is 0 Å². The van der Waals surface area contributed by atoms with Gasteiger partial charge >= 0.3 is 5.69 Å². The van der Waals surface area contributed by atoms with E-state index in [2.05, 4.69) is 37.8 Å². The predicted molar refractivity (Wildman–Crippen MR) is 103 cm³/mol. The zero-order valence-corrected chi connectivity index (χ0v) is 15.3. The van der Waals surface area contributed by atoms with Crippen LogP contribution in [-0.4, -0.2) is 23.7 Å². The molecule has 0 saturated heterocycles. The van der Waals surface area contributed by atoms with E-state index in [0.29, 0.717) is 24.7 Å². The summed E-state index contributed by atoms with van der Waals surface area (Å²) in [5.41, 5.74) is 3.27. The van der Waals surface area contributed by atoms with Crippen molar-refractivity contribution in [3.05, 3.63) is 63.5 Å². The first-order valence-electron chi connectivity index (χ1n) is 7.66. The van der Waals surface area contributed by atoms with Gasteiger partial charge in [0.25, 0.3) is 0 Å². The third-order valence-electron chi connectivity index (χ3n) is 3.65. The van der Waals surface area contributed by atoms with Gasteiger partial charge in [0.1, 0.15) is 6.61 Å². The first-order chi connectivity index (χ1) is 12.1. The summed E-state index contributed by atoms with van der Waals surface area (Å²) in [6.07, 6.45) is 1.68. The molecule has 25 heavy (non-hydrogen) atoms. The highest BCUT2D eigenvalue weighted by atomic mass is 79.9. The molecular weight excluding hydrogens is 386 g/mol. The number of benzene rings is 2. The van der Waals surface area contributed by atoms with Crippen LogP contribution in [0.4, 0.5) is 5.69 Å². The Hall–Kier alpha value is -2.67. The molecule has 0 saturated carbocycles. The highest BCUT2D eigenvalue weighted by Gasteiger charge is 2.11. The quantitative estimate of drug-likeness (QED) is 0.524. The van der Waals surface area contributed by atoms with Gasteiger partial charge in [-0.15, -0.1) is 0 Å². The maximum atomic E-state index is 11.3. The molecule has 0 atom stereocenters. The van der Waals surface area contributed by atoms with Crippen LogP contribution in [0.25, 0.3) is 11.0 Å². The number of nitrogens with one attached hydrogen (secondary N) is 3. The molecule has 1 aromatic heterocycles. The molecule has 0 aliphatic rings. The van der Waals surface area contributed by atoms with Gasteiger partial charge in [-0.1, -0.05) is 12.7 Å². The van der Waals surface area contributed by atoms with Crippen molar-refractivity contribution in [1.82, 2.24) is 9.97 Å². The highest BCUT2D eigenvalue weighted by Crippen LogP contribution is 2.36. The van der Waals surface area contributed by atoms with E-state index < -0.39 is 0 Å². The van der Waals surface area contributed by atoms with Crippen molar-refractivity contribution in [1.29, 1.82) is 0 Å². The maximum Gasteiger partial charge on any atom is 0.323 e. The van der Waals surface area contributed by atoms with Crippen LogP contribution in [-0.2, 0) is 6.54 Å². The van der Waals surface area contributed by atoms with Crippen LogP contribution in [0.3, 0.4) is 0 Å². The summed E-state index contributed by atoms with van der Waals surface area (Å²) in [7, 11) is 1.61. The Labute approximate surface area is 153 Å². The Morgan fingerprint density at radius 2 is 2.04 bits per heavy atom. The number of methoxy groups -OCH3 is 1. The van der Waals surface area contributed by atoms with Crippen LogP contribution in [0, 0.1) is 0 Å². The van der Waals surface area contributed by atoms with Gasteiger partial charge in [0.05, 0.1) is 22.6 Å². The fourth-order valence-corrected chi connectivity index (χ4v) is 3.11. The van der Waals surface area contributed by atoms with Crippen LogP contribution >= 0.6 is 15.9 Å². The van der Waals surface area contributed by atoms with E-state index in [-0.39, 0.29) is 5.69 Å². The minimum absolute atomic E-state index is 0.212. The SMILES string of the molecule is C=CCOc1c(Br)cc(CNc2ccc3[nH]c(=O)[nH]c3c2)cc1OC. The van der Waals surface area contributed by atoms with E-state index in [1.165, 1.54) is 0 Å². The van der Waals surface area contributed by atoms with Gasteiger partial charge in [0.2, 0.25) is 0 Å². The van der Waals surface area contributed by atoms with E-state index in [9.17, 15) is 4.79 Å². The molecule has 130 valence electrons. The average molecular weight is 404 g/mol. The molecule has 0 fully saturated rings. The summed E-state index contributed by atoms with van der Waals surface area (Å²) >= 11 is 3.52. The molecule has 0 amide bonds. The molecule has 3 N–H and O–H groups in total. The largest absolute Gasteiger partial charge is 0.493 e. The smallest absolute Gasteiger partial charge is 0.323 e. The van der Waals surface area contributed by atoms with Gasteiger partial charge in [0.15, 0.2) is 11.5 Å². The molecule has 3 aromatic rings. The number of anilines is 1. The van der Waals surface area contributed by atoms with Crippen molar-refractivity contribution in [3.8, 4) is 11.5 Å². The first-order valence-corrected chi connectivity index (χ1v) is 8.46. The lowest BCUT2D eigenvalue weighted by atomic mass is 10.2. The average Bonchev–Trinajstić information content (AvgIpc) is 2.97. The molecule has 0 aliphatic carbocycles. The Balaban J connectivity index is 1.78. The summed E-state index contributed by atoms with van der Waals surface area (Å²) < 4.78 is 11.9. The Bertz CT molecular complexity index is 962. The number of fused-ring (bicyclic) bond motifs is 1. The Morgan fingerprint density at radius 3 is 2.80 bits per heavy atom. The number of hydrogen-bond donors (Lipinski definition) is 3. The topological polar surface area (TPSA) is 79.1 Å². The lowest BCUT2D eigenvalue weighted by Crippen LogP contribution is -2.02. The van der Waals surface area contributed by atoms with Crippen LogP contribution in [0.5, 0.6) is 11.5 Å². The lowest BCUT2D eigenvalue weighted by molar-refractivity contribution is 0.324. The van der Waals surface area contributed by atoms with Crippen molar-refractivity contribution in [2.75, 3.05) is 19.0 Å². The lowest BCUT2D eigenvalue weighted by Gasteiger charge is -2.14. The minimum Gasteiger partial charge on any atom is -0.493 e. The van der Waals surface area contributed by atoms with Crippen molar-refractivity contribution in [3.63, 3.8) is 0 Å². The molecule has 0 unspecified atom stereocenters. The van der Waals surface area contributed by atoms with Gasteiger partial charge in [0, 0.05) is 12.2 Å². The van der Waals surface area contributed by atoms with Crippen LogP contribution in [0.2, 0.25) is 0 Å². The third kappa shape index (κ3) is 3.88. The second-order valence-electron chi connectivity index (χ2n) is 5.40. The molecule has 1 heterocycles. The summed E-state index contributed by atoms with van der Waals surface area (Å²) in [6.45, 7) is 4.65. The fourth-order valence-electron chi connectivity index (χ4n) is 2.50. The number of hydrogen-bond acceptors (Lipinski definition) is 4. The number of H-pyrrole nitrogens is 2. The molecule has 0 radical (unpaired) electrons. The monoisotopic (exact) mass is 403 g/mol. The number of ether oxygens (including phenoxy) is 2. The van der Waals surface area contributed by atoms with E-state index in [4.69, 9.17) is 9.47 Å².